The Morgan fingerprint density at radius 1 is 1.38 bits per heavy atom. The predicted molar refractivity (Wildman–Crippen MR) is 75.5 cm³/mol. The van der Waals surface area contributed by atoms with Crippen molar-refractivity contribution in [2.24, 2.45) is 0 Å². The second-order valence-electron chi connectivity index (χ2n) is 4.77. The average Bonchev–Trinajstić information content (AvgIpc) is 2.54. The Labute approximate surface area is 122 Å². The van der Waals surface area contributed by atoms with Gasteiger partial charge in [-0.05, 0) is 18.6 Å². The first kappa shape index (κ1) is 13.4. The maximum atomic E-state index is 12.1. The van der Waals surface area contributed by atoms with E-state index in [4.69, 9.17) is 9.47 Å². The fourth-order valence-corrected chi connectivity index (χ4v) is 2.34. The number of nitrogens with one attached hydrogen (secondary N) is 1. The normalized spacial score (nSPS) is 16.5. The van der Waals surface area contributed by atoms with E-state index in [1.54, 1.807) is 13.2 Å². The van der Waals surface area contributed by atoms with Gasteiger partial charge in [0.25, 0.3) is 5.91 Å². The van der Waals surface area contributed by atoms with Gasteiger partial charge >= 0.3 is 0 Å². The van der Waals surface area contributed by atoms with Gasteiger partial charge in [-0.3, -0.25) is 4.79 Å². The molecule has 0 bridgehead atoms. The van der Waals surface area contributed by atoms with Crippen molar-refractivity contribution < 1.29 is 14.3 Å². The van der Waals surface area contributed by atoms with Crippen LogP contribution in [0.1, 0.15) is 15.9 Å². The van der Waals surface area contributed by atoms with E-state index in [2.05, 4.69) is 15.5 Å². The number of ether oxygens (including phenoxy) is 2. The molecular formula is C15H15N3O3. The lowest BCUT2D eigenvalue weighted by Crippen LogP contribution is -2.42. The second kappa shape index (κ2) is 5.78. The molecule has 1 aliphatic heterocycles. The molecule has 0 aliphatic carbocycles. The van der Waals surface area contributed by atoms with Gasteiger partial charge in [-0.15, -0.1) is 0 Å². The van der Waals surface area contributed by atoms with Crippen molar-refractivity contribution in [1.29, 1.82) is 0 Å². The smallest absolute Gasteiger partial charge is 0.253 e. The van der Waals surface area contributed by atoms with Crippen molar-refractivity contribution >= 4 is 5.91 Å². The van der Waals surface area contributed by atoms with Gasteiger partial charge < -0.3 is 14.8 Å². The fourth-order valence-electron chi connectivity index (χ4n) is 2.34. The topological polar surface area (TPSA) is 73.3 Å². The van der Waals surface area contributed by atoms with Gasteiger partial charge in [0.1, 0.15) is 6.61 Å². The first-order valence-electron chi connectivity index (χ1n) is 6.64. The number of benzene rings is 1. The molecule has 1 aromatic heterocycles. The molecule has 3 rings (SSSR count). The zero-order chi connectivity index (χ0) is 14.7. The number of hydrogen-bond acceptors (Lipinski definition) is 5. The highest BCUT2D eigenvalue weighted by Crippen LogP contribution is 2.34. The minimum absolute atomic E-state index is 0.0785. The van der Waals surface area contributed by atoms with Gasteiger partial charge in [-0.25, -0.2) is 0 Å². The van der Waals surface area contributed by atoms with Crippen LogP contribution in [0.25, 0.3) is 0 Å². The number of carbonyl (C=O) groups is 1. The molecule has 1 N–H and O–H groups in total. The summed E-state index contributed by atoms with van der Waals surface area (Å²) in [5.74, 6) is 1.30. The van der Waals surface area contributed by atoms with E-state index < -0.39 is 0 Å². The number of methoxy groups -OCH3 is 1. The van der Waals surface area contributed by atoms with E-state index in [1.807, 2.05) is 18.2 Å². The Bertz CT molecular complexity index is 646. The number of fused-ring (bicyclic) bond motifs is 1. The van der Waals surface area contributed by atoms with Gasteiger partial charge in [0.05, 0.1) is 31.1 Å². The Morgan fingerprint density at radius 3 is 3.05 bits per heavy atom. The van der Waals surface area contributed by atoms with Crippen LogP contribution in [0.2, 0.25) is 0 Å². The highest BCUT2D eigenvalue weighted by molar-refractivity contribution is 5.93. The molecule has 1 atom stereocenters. The molecule has 6 nitrogen and oxygen atoms in total. The molecule has 2 aromatic rings. The number of para-hydroxylation sites is 1. The monoisotopic (exact) mass is 285 g/mol. The number of aromatic nitrogens is 2. The summed E-state index contributed by atoms with van der Waals surface area (Å²) in [6.07, 6.45) is 3.64. The molecule has 0 radical (unpaired) electrons. The Kier molecular flexibility index (Phi) is 3.68. The van der Waals surface area contributed by atoms with E-state index in [9.17, 15) is 4.79 Å². The second-order valence-corrected chi connectivity index (χ2v) is 4.77. The summed E-state index contributed by atoms with van der Waals surface area (Å²) < 4.78 is 11.0. The minimum atomic E-state index is -0.176. The van der Waals surface area contributed by atoms with Gasteiger partial charge in [-0.2, -0.15) is 10.2 Å². The van der Waals surface area contributed by atoms with Crippen molar-refractivity contribution in [3.05, 3.63) is 47.8 Å². The first-order valence-corrected chi connectivity index (χ1v) is 6.64. The van der Waals surface area contributed by atoms with Gasteiger partial charge in [0, 0.05) is 5.56 Å². The number of carbonyl (C=O) groups excluding carboxylic acids is 1. The summed E-state index contributed by atoms with van der Waals surface area (Å²) in [5.41, 5.74) is 1.51. The number of rotatable bonds is 3. The van der Waals surface area contributed by atoms with E-state index in [0.29, 0.717) is 18.6 Å². The molecule has 0 saturated heterocycles. The molecule has 21 heavy (non-hydrogen) atoms. The lowest BCUT2D eigenvalue weighted by atomic mass is 10.0. The van der Waals surface area contributed by atoms with E-state index >= 15 is 0 Å². The molecule has 0 saturated carbocycles. The quantitative estimate of drug-likeness (QED) is 0.918. The van der Waals surface area contributed by atoms with Crippen LogP contribution in [-0.2, 0) is 6.42 Å². The number of nitrogens with zero attached hydrogens (tertiary/aromatic N) is 2. The first-order chi connectivity index (χ1) is 10.3. The summed E-state index contributed by atoms with van der Waals surface area (Å²) >= 11 is 0. The van der Waals surface area contributed by atoms with Crippen molar-refractivity contribution in [3.63, 3.8) is 0 Å². The molecule has 6 heteroatoms. The summed E-state index contributed by atoms with van der Waals surface area (Å²) in [6, 6.07) is 7.30. The van der Waals surface area contributed by atoms with E-state index in [1.165, 1.54) is 12.4 Å². The van der Waals surface area contributed by atoms with E-state index in [0.717, 1.165) is 17.1 Å². The highest BCUT2D eigenvalue weighted by atomic mass is 16.5. The van der Waals surface area contributed by atoms with Crippen LogP contribution in [-0.4, -0.2) is 35.9 Å². The van der Waals surface area contributed by atoms with Crippen LogP contribution in [0, 0.1) is 0 Å². The molecule has 2 heterocycles. The maximum Gasteiger partial charge on any atom is 0.253 e. The largest absolute Gasteiger partial charge is 0.493 e. The zero-order valence-corrected chi connectivity index (χ0v) is 11.6. The molecule has 0 spiro atoms. The molecule has 0 fully saturated rings. The molecular weight excluding hydrogens is 270 g/mol. The summed E-state index contributed by atoms with van der Waals surface area (Å²) in [5, 5.41) is 10.3. The summed E-state index contributed by atoms with van der Waals surface area (Å²) in [6.45, 7) is 0.414. The summed E-state index contributed by atoms with van der Waals surface area (Å²) in [4.78, 5) is 12.1. The van der Waals surface area contributed by atoms with Gasteiger partial charge in [-0.1, -0.05) is 12.1 Å². The van der Waals surface area contributed by atoms with Gasteiger partial charge in [0.15, 0.2) is 11.5 Å². The van der Waals surface area contributed by atoms with Crippen molar-refractivity contribution in [3.8, 4) is 11.5 Å². The standard InChI is InChI=1S/C15H15N3O3/c1-20-13-4-2-3-10-7-12(9-21-14(10)13)18-15(19)11-5-6-16-17-8-11/h2-6,8,12H,7,9H2,1H3,(H,18,19). The van der Waals surface area contributed by atoms with Crippen LogP contribution in [0.4, 0.5) is 0 Å². The van der Waals surface area contributed by atoms with Crippen LogP contribution in [0.5, 0.6) is 11.5 Å². The molecule has 108 valence electrons. The SMILES string of the molecule is COc1cccc2c1OCC(NC(=O)c1ccnnc1)C2. The van der Waals surface area contributed by atoms with Crippen molar-refractivity contribution in [1.82, 2.24) is 15.5 Å². The maximum absolute atomic E-state index is 12.1. The number of amides is 1. The third-order valence-corrected chi connectivity index (χ3v) is 3.36. The molecule has 1 aromatic carbocycles. The third kappa shape index (κ3) is 2.79. The van der Waals surface area contributed by atoms with Gasteiger partial charge in [0.2, 0.25) is 0 Å². The highest BCUT2D eigenvalue weighted by Gasteiger charge is 2.24. The predicted octanol–water partition coefficient (Wildman–Crippen LogP) is 1.22. The van der Waals surface area contributed by atoms with Crippen LogP contribution >= 0.6 is 0 Å². The third-order valence-electron chi connectivity index (χ3n) is 3.36. The molecule has 1 aliphatic rings. The average molecular weight is 285 g/mol. The Morgan fingerprint density at radius 2 is 2.29 bits per heavy atom. The molecule has 1 amide bonds. The minimum Gasteiger partial charge on any atom is -0.493 e. The lowest BCUT2D eigenvalue weighted by Gasteiger charge is -2.27. The van der Waals surface area contributed by atoms with Crippen LogP contribution in [0.3, 0.4) is 0 Å². The van der Waals surface area contributed by atoms with Crippen LogP contribution in [0.15, 0.2) is 36.7 Å². The summed E-state index contributed by atoms with van der Waals surface area (Å²) in [7, 11) is 1.61. The molecule has 1 unspecified atom stereocenters. The lowest BCUT2D eigenvalue weighted by molar-refractivity contribution is 0.0914. The Balaban J connectivity index is 1.71. The number of hydrogen-bond donors (Lipinski definition) is 1. The Hall–Kier alpha value is -2.63. The zero-order valence-electron chi connectivity index (χ0n) is 11.6. The van der Waals surface area contributed by atoms with Crippen LogP contribution < -0.4 is 14.8 Å². The van der Waals surface area contributed by atoms with Crippen molar-refractivity contribution in [2.75, 3.05) is 13.7 Å². The van der Waals surface area contributed by atoms with Crippen molar-refractivity contribution in [2.45, 2.75) is 12.5 Å². The van der Waals surface area contributed by atoms with E-state index in [-0.39, 0.29) is 11.9 Å². The fraction of sp³-hybridized carbons (Fsp3) is 0.267.